The van der Waals surface area contributed by atoms with Gasteiger partial charge in [0.25, 0.3) is 0 Å². The lowest BCUT2D eigenvalue weighted by Gasteiger charge is -2.07. The van der Waals surface area contributed by atoms with Gasteiger partial charge in [-0.15, -0.1) is 10.2 Å². The fourth-order valence-electron chi connectivity index (χ4n) is 2.79. The number of hydrogen-bond donors (Lipinski definition) is 1. The molecule has 0 aliphatic rings. The summed E-state index contributed by atoms with van der Waals surface area (Å²) < 4.78 is 36.2. The molecular weight excluding hydrogens is 414 g/mol. The van der Waals surface area contributed by atoms with Crippen LogP contribution in [0.5, 0.6) is 5.75 Å². The van der Waals surface area contributed by atoms with Crippen molar-refractivity contribution in [1.29, 1.82) is 0 Å². The first kappa shape index (κ1) is 19.9. The number of carbonyl (C=O) groups excluding carboxylic acids is 1. The second-order valence-corrected chi connectivity index (χ2v) is 7.20. The zero-order valence-electron chi connectivity index (χ0n) is 15.7. The highest BCUT2D eigenvalue weighted by molar-refractivity contribution is 7.99. The van der Waals surface area contributed by atoms with Crippen LogP contribution in [0.15, 0.2) is 64.2 Å². The van der Waals surface area contributed by atoms with Gasteiger partial charge in [0.2, 0.25) is 5.91 Å². The Morgan fingerprint density at radius 1 is 1.20 bits per heavy atom. The predicted molar refractivity (Wildman–Crippen MR) is 109 cm³/mol. The minimum absolute atomic E-state index is 0.0228. The van der Waals surface area contributed by atoms with Gasteiger partial charge in [-0.3, -0.25) is 4.79 Å². The molecule has 0 unspecified atom stereocenters. The minimum Gasteiger partial charge on any atom is -0.453 e. The average molecular weight is 430 g/mol. The Hall–Kier alpha value is -3.40. The molecule has 0 spiro atoms. The van der Waals surface area contributed by atoms with E-state index >= 15 is 0 Å². The van der Waals surface area contributed by atoms with E-state index in [0.29, 0.717) is 22.4 Å². The largest absolute Gasteiger partial charge is 0.453 e. The third kappa shape index (κ3) is 4.43. The molecule has 0 aliphatic carbocycles. The Labute approximate surface area is 174 Å². The van der Waals surface area contributed by atoms with Gasteiger partial charge in [-0.25, -0.2) is 0 Å². The molecule has 7 nitrogen and oxygen atoms in total. The summed E-state index contributed by atoms with van der Waals surface area (Å²) in [5.74, 6) is 1.00. The molecule has 1 N–H and O–H groups in total. The molecule has 0 saturated carbocycles. The van der Waals surface area contributed by atoms with Crippen molar-refractivity contribution < 1.29 is 22.7 Å². The summed E-state index contributed by atoms with van der Waals surface area (Å²) in [4.78, 5) is 12.2. The van der Waals surface area contributed by atoms with Crippen LogP contribution in [0.1, 0.15) is 0 Å². The lowest BCUT2D eigenvalue weighted by Crippen LogP contribution is -2.14. The maximum atomic E-state index is 12.2. The van der Waals surface area contributed by atoms with Crippen LogP contribution in [-0.4, -0.2) is 33.0 Å². The molecule has 10 heteroatoms. The van der Waals surface area contributed by atoms with Crippen molar-refractivity contribution in [2.75, 3.05) is 11.1 Å². The summed E-state index contributed by atoms with van der Waals surface area (Å²) in [6, 6.07) is 15.2. The quantitative estimate of drug-likeness (QED) is 0.433. The Morgan fingerprint density at radius 2 is 1.97 bits per heavy atom. The lowest BCUT2D eigenvalue weighted by molar-refractivity contribution is -0.113. The van der Waals surface area contributed by atoms with Crippen LogP contribution in [0, 0.1) is 0 Å². The van der Waals surface area contributed by atoms with Crippen LogP contribution in [0.3, 0.4) is 0 Å². The number of aromatic nitrogens is 3. The van der Waals surface area contributed by atoms with Gasteiger partial charge >= 0.3 is 6.61 Å². The van der Waals surface area contributed by atoms with Crippen molar-refractivity contribution in [2.45, 2.75) is 11.8 Å². The van der Waals surface area contributed by atoms with Crippen molar-refractivity contribution in [3.63, 3.8) is 0 Å². The molecule has 4 rings (SSSR count). The first-order valence-electron chi connectivity index (χ1n) is 8.85. The third-order valence-electron chi connectivity index (χ3n) is 4.18. The summed E-state index contributed by atoms with van der Waals surface area (Å²) >= 11 is 1.22. The van der Waals surface area contributed by atoms with E-state index in [0.717, 1.165) is 11.0 Å². The van der Waals surface area contributed by atoms with Gasteiger partial charge in [-0.1, -0.05) is 30.0 Å². The average Bonchev–Trinajstić information content (AvgIpc) is 3.30. The Balaban J connectivity index is 1.37. The first-order valence-corrected chi connectivity index (χ1v) is 9.84. The molecular formula is C20H16F2N4O3S. The van der Waals surface area contributed by atoms with Crippen LogP contribution in [0.4, 0.5) is 14.5 Å². The van der Waals surface area contributed by atoms with Crippen LogP contribution in [-0.2, 0) is 11.8 Å². The molecule has 2 heterocycles. The maximum Gasteiger partial charge on any atom is 0.387 e. The number of para-hydroxylation sites is 1. The molecule has 0 radical (unpaired) electrons. The van der Waals surface area contributed by atoms with Gasteiger partial charge in [0.15, 0.2) is 16.7 Å². The normalized spacial score (nSPS) is 11.2. The van der Waals surface area contributed by atoms with Gasteiger partial charge in [0, 0.05) is 18.1 Å². The van der Waals surface area contributed by atoms with Gasteiger partial charge in [0.1, 0.15) is 11.3 Å². The Kier molecular flexibility index (Phi) is 5.66. The van der Waals surface area contributed by atoms with Gasteiger partial charge in [-0.2, -0.15) is 8.78 Å². The number of fused-ring (bicyclic) bond motifs is 1. The van der Waals surface area contributed by atoms with E-state index in [9.17, 15) is 13.6 Å². The van der Waals surface area contributed by atoms with E-state index in [2.05, 4.69) is 20.3 Å². The number of hydrogen-bond acceptors (Lipinski definition) is 6. The third-order valence-corrected chi connectivity index (χ3v) is 5.20. The van der Waals surface area contributed by atoms with E-state index < -0.39 is 6.61 Å². The molecule has 2 aromatic heterocycles. The van der Waals surface area contributed by atoms with Crippen molar-refractivity contribution in [1.82, 2.24) is 14.8 Å². The van der Waals surface area contributed by atoms with E-state index in [1.807, 2.05) is 30.3 Å². The van der Waals surface area contributed by atoms with Crippen LogP contribution < -0.4 is 10.1 Å². The smallest absolute Gasteiger partial charge is 0.387 e. The summed E-state index contributed by atoms with van der Waals surface area (Å²) in [6.45, 7) is -2.89. The van der Waals surface area contributed by atoms with Gasteiger partial charge < -0.3 is 19.0 Å². The summed E-state index contributed by atoms with van der Waals surface area (Å²) in [5, 5.41) is 12.5. The van der Waals surface area contributed by atoms with Crippen LogP contribution >= 0.6 is 11.8 Å². The van der Waals surface area contributed by atoms with Crippen molar-refractivity contribution in [3.8, 4) is 17.3 Å². The van der Waals surface area contributed by atoms with Crippen LogP contribution in [0.2, 0.25) is 0 Å². The number of benzene rings is 2. The van der Waals surface area contributed by atoms with Crippen molar-refractivity contribution >= 4 is 34.3 Å². The Bertz CT molecular complexity index is 1140. The molecule has 0 aliphatic heterocycles. The summed E-state index contributed by atoms with van der Waals surface area (Å²) in [7, 11) is 1.80. The van der Waals surface area contributed by atoms with E-state index in [1.165, 1.54) is 36.0 Å². The second-order valence-electron chi connectivity index (χ2n) is 6.25. The molecule has 2 aromatic carbocycles. The van der Waals surface area contributed by atoms with Gasteiger partial charge in [0.05, 0.1) is 5.75 Å². The highest BCUT2D eigenvalue weighted by Gasteiger charge is 2.16. The number of nitrogens with one attached hydrogen (secondary N) is 1. The number of nitrogens with zero attached hydrogens (tertiary/aromatic N) is 3. The minimum atomic E-state index is -2.89. The number of thioether (sulfide) groups is 1. The summed E-state index contributed by atoms with van der Waals surface area (Å²) in [6.07, 6.45) is 0. The van der Waals surface area contributed by atoms with Crippen LogP contribution in [0.25, 0.3) is 22.6 Å². The highest BCUT2D eigenvalue weighted by atomic mass is 32.2. The maximum absolute atomic E-state index is 12.2. The zero-order valence-corrected chi connectivity index (χ0v) is 16.5. The molecule has 30 heavy (non-hydrogen) atoms. The fourth-order valence-corrected chi connectivity index (χ4v) is 3.51. The molecule has 0 saturated heterocycles. The van der Waals surface area contributed by atoms with Crippen molar-refractivity contribution in [2.24, 2.45) is 7.05 Å². The topological polar surface area (TPSA) is 82.2 Å². The monoisotopic (exact) mass is 430 g/mol. The molecule has 0 fully saturated rings. The number of amides is 1. The molecule has 0 atom stereocenters. The number of halogens is 2. The SMILES string of the molecule is Cn1c(SCC(=O)Nc2ccc(OC(F)F)cc2)nnc1-c1cc2ccccc2o1. The number of furan rings is 1. The van der Waals surface area contributed by atoms with Gasteiger partial charge in [-0.05, 0) is 36.4 Å². The number of rotatable bonds is 7. The number of anilines is 1. The fraction of sp³-hybridized carbons (Fsp3) is 0.150. The standard InChI is InChI=1S/C20H16F2N4O3S/c1-26-18(16-10-12-4-2-3-5-15(12)29-16)24-25-20(26)30-11-17(27)23-13-6-8-14(9-7-13)28-19(21)22/h2-10,19H,11H2,1H3,(H,23,27). The number of alkyl halides is 2. The number of ether oxygens (including phenoxy) is 1. The zero-order chi connectivity index (χ0) is 21.1. The highest BCUT2D eigenvalue weighted by Crippen LogP contribution is 2.28. The molecule has 4 aromatic rings. The molecule has 1 amide bonds. The molecule has 154 valence electrons. The molecule has 0 bridgehead atoms. The van der Waals surface area contributed by atoms with Crippen molar-refractivity contribution in [3.05, 3.63) is 54.6 Å². The second kappa shape index (κ2) is 8.54. The van der Waals surface area contributed by atoms with E-state index in [4.69, 9.17) is 4.42 Å². The van der Waals surface area contributed by atoms with E-state index in [1.54, 1.807) is 11.6 Å². The number of carbonyl (C=O) groups is 1. The summed E-state index contributed by atoms with van der Waals surface area (Å²) in [5.41, 5.74) is 1.23. The lowest BCUT2D eigenvalue weighted by atomic mass is 10.2. The predicted octanol–water partition coefficient (Wildman–Crippen LogP) is 4.56. The Morgan fingerprint density at radius 3 is 2.70 bits per heavy atom. The first-order chi connectivity index (χ1) is 14.5. The van der Waals surface area contributed by atoms with E-state index in [-0.39, 0.29) is 17.4 Å².